The number of hydrogen-bond acceptors (Lipinski definition) is 2. The van der Waals surface area contributed by atoms with E-state index < -0.39 is 0 Å². The first-order chi connectivity index (χ1) is 9.21. The highest BCUT2D eigenvalue weighted by atomic mass is 15.0. The monoisotopic (exact) mass is 250 g/mol. The van der Waals surface area contributed by atoms with Crippen LogP contribution >= 0.6 is 0 Å². The molecule has 1 saturated carbocycles. The van der Waals surface area contributed by atoms with E-state index >= 15 is 0 Å². The minimum absolute atomic E-state index is 0.163. The van der Waals surface area contributed by atoms with Crippen LogP contribution in [0.15, 0.2) is 36.5 Å². The van der Waals surface area contributed by atoms with E-state index in [4.69, 9.17) is 6.42 Å². The Labute approximate surface area is 114 Å². The van der Waals surface area contributed by atoms with Crippen LogP contribution < -0.4 is 5.32 Å². The molecule has 0 saturated heterocycles. The number of nitrogens with one attached hydrogen (secondary N) is 1. The summed E-state index contributed by atoms with van der Waals surface area (Å²) < 4.78 is 0. The van der Waals surface area contributed by atoms with Gasteiger partial charge in [-0.05, 0) is 49.4 Å². The highest BCUT2D eigenvalue weighted by Gasteiger charge is 2.39. The molecule has 1 heterocycles. The molecule has 1 N–H and O–H groups in total. The van der Waals surface area contributed by atoms with Gasteiger partial charge in [0.25, 0.3) is 0 Å². The summed E-state index contributed by atoms with van der Waals surface area (Å²) in [6, 6.07) is 10.4. The van der Waals surface area contributed by atoms with E-state index in [1.165, 1.54) is 23.8 Å². The molecule has 1 aromatic heterocycles. The second kappa shape index (κ2) is 4.68. The van der Waals surface area contributed by atoms with E-state index in [0.717, 1.165) is 12.1 Å². The lowest BCUT2D eigenvalue weighted by Crippen LogP contribution is -2.42. The molecule has 2 aromatic rings. The standard InChI is InChI=1S/C17H18N2/c1-3-17(2,15-7-8-15)19-12-13-6-9-16-14(11-13)5-4-10-18-16/h1,4-6,9-11,15,19H,7-8,12H2,2H3/t17-/m1/s1. The fourth-order valence-corrected chi connectivity index (χ4v) is 2.49. The highest BCUT2D eigenvalue weighted by molar-refractivity contribution is 5.78. The van der Waals surface area contributed by atoms with E-state index in [2.05, 4.69) is 47.4 Å². The van der Waals surface area contributed by atoms with Crippen molar-refractivity contribution in [3.8, 4) is 12.3 Å². The van der Waals surface area contributed by atoms with Crippen LogP contribution in [0.1, 0.15) is 25.3 Å². The number of rotatable bonds is 4. The van der Waals surface area contributed by atoms with Crippen LogP contribution in [0.2, 0.25) is 0 Å². The zero-order valence-corrected chi connectivity index (χ0v) is 11.2. The van der Waals surface area contributed by atoms with Gasteiger partial charge >= 0.3 is 0 Å². The molecule has 0 amide bonds. The third-order valence-electron chi connectivity index (χ3n) is 4.02. The normalized spacial score (nSPS) is 17.9. The van der Waals surface area contributed by atoms with Crippen LogP contribution in [0.5, 0.6) is 0 Å². The molecular weight excluding hydrogens is 232 g/mol. The quantitative estimate of drug-likeness (QED) is 0.843. The summed E-state index contributed by atoms with van der Waals surface area (Å²) in [5.41, 5.74) is 2.12. The summed E-state index contributed by atoms with van der Waals surface area (Å²) in [7, 11) is 0. The fourth-order valence-electron chi connectivity index (χ4n) is 2.49. The van der Waals surface area contributed by atoms with Gasteiger partial charge in [-0.2, -0.15) is 0 Å². The largest absolute Gasteiger partial charge is 0.297 e. The van der Waals surface area contributed by atoms with Gasteiger partial charge in [-0.25, -0.2) is 0 Å². The van der Waals surface area contributed by atoms with Crippen molar-refractivity contribution in [2.24, 2.45) is 5.92 Å². The van der Waals surface area contributed by atoms with Crippen molar-refractivity contribution in [1.29, 1.82) is 0 Å². The maximum absolute atomic E-state index is 5.68. The molecule has 1 aromatic carbocycles. The minimum atomic E-state index is -0.163. The summed E-state index contributed by atoms with van der Waals surface area (Å²) in [6.45, 7) is 2.94. The van der Waals surface area contributed by atoms with Crippen LogP contribution in [0, 0.1) is 18.3 Å². The molecule has 1 aliphatic carbocycles. The molecule has 0 spiro atoms. The minimum Gasteiger partial charge on any atom is -0.297 e. The first kappa shape index (κ1) is 12.2. The van der Waals surface area contributed by atoms with Gasteiger partial charge in [-0.1, -0.05) is 18.1 Å². The van der Waals surface area contributed by atoms with Crippen LogP contribution in [0.25, 0.3) is 10.9 Å². The topological polar surface area (TPSA) is 24.9 Å². The van der Waals surface area contributed by atoms with Crippen molar-refractivity contribution in [1.82, 2.24) is 10.3 Å². The van der Waals surface area contributed by atoms with Gasteiger partial charge < -0.3 is 0 Å². The molecule has 0 unspecified atom stereocenters. The van der Waals surface area contributed by atoms with Gasteiger partial charge in [0, 0.05) is 18.1 Å². The number of aromatic nitrogens is 1. The third kappa shape index (κ3) is 2.47. The number of pyridine rings is 1. The number of fused-ring (bicyclic) bond motifs is 1. The van der Waals surface area contributed by atoms with Crippen molar-refractivity contribution in [2.75, 3.05) is 0 Å². The van der Waals surface area contributed by atoms with E-state index in [-0.39, 0.29) is 5.54 Å². The van der Waals surface area contributed by atoms with Crippen LogP contribution in [0.3, 0.4) is 0 Å². The SMILES string of the molecule is C#C[C@@](C)(NCc1ccc2ncccc2c1)C1CC1. The van der Waals surface area contributed by atoms with E-state index in [1.807, 2.05) is 12.3 Å². The van der Waals surface area contributed by atoms with Crippen molar-refractivity contribution in [2.45, 2.75) is 31.8 Å². The molecule has 3 rings (SSSR count). The molecule has 0 aliphatic heterocycles. The van der Waals surface area contributed by atoms with E-state index in [9.17, 15) is 0 Å². The Balaban J connectivity index is 1.76. The Hall–Kier alpha value is -1.85. The zero-order valence-electron chi connectivity index (χ0n) is 11.2. The lowest BCUT2D eigenvalue weighted by atomic mass is 9.96. The lowest BCUT2D eigenvalue weighted by molar-refractivity contribution is 0.401. The molecule has 0 radical (unpaired) electrons. The van der Waals surface area contributed by atoms with E-state index in [1.54, 1.807) is 0 Å². The molecule has 1 atom stereocenters. The molecular formula is C17H18N2. The van der Waals surface area contributed by atoms with Crippen molar-refractivity contribution < 1.29 is 0 Å². The van der Waals surface area contributed by atoms with Crippen molar-refractivity contribution in [3.05, 3.63) is 42.1 Å². The predicted molar refractivity (Wildman–Crippen MR) is 78.5 cm³/mol. The second-order valence-electron chi connectivity index (χ2n) is 5.50. The number of nitrogens with zero attached hydrogens (tertiary/aromatic N) is 1. The summed E-state index contributed by atoms with van der Waals surface area (Å²) in [4.78, 5) is 4.33. The van der Waals surface area contributed by atoms with Gasteiger partial charge in [0.05, 0.1) is 11.1 Å². The van der Waals surface area contributed by atoms with Gasteiger partial charge in [-0.15, -0.1) is 6.42 Å². The maximum atomic E-state index is 5.68. The first-order valence-electron chi connectivity index (χ1n) is 6.78. The average molecular weight is 250 g/mol. The molecule has 0 bridgehead atoms. The number of terminal acetylenes is 1. The van der Waals surface area contributed by atoms with Gasteiger partial charge in [0.2, 0.25) is 0 Å². The van der Waals surface area contributed by atoms with Crippen LogP contribution in [0.4, 0.5) is 0 Å². The van der Waals surface area contributed by atoms with E-state index in [0.29, 0.717) is 5.92 Å². The first-order valence-corrected chi connectivity index (χ1v) is 6.78. The third-order valence-corrected chi connectivity index (χ3v) is 4.02. The molecule has 2 heteroatoms. The predicted octanol–water partition coefficient (Wildman–Crippen LogP) is 3.13. The fraction of sp³-hybridized carbons (Fsp3) is 0.353. The molecule has 2 nitrogen and oxygen atoms in total. The van der Waals surface area contributed by atoms with Crippen molar-refractivity contribution >= 4 is 10.9 Å². The van der Waals surface area contributed by atoms with Gasteiger partial charge in [-0.3, -0.25) is 10.3 Å². The average Bonchev–Trinajstić information content (AvgIpc) is 3.29. The Morgan fingerprint density at radius 2 is 2.26 bits per heavy atom. The van der Waals surface area contributed by atoms with Crippen LogP contribution in [-0.2, 0) is 6.54 Å². The Kier molecular flexibility index (Phi) is 3.00. The summed E-state index contributed by atoms with van der Waals surface area (Å²) in [5.74, 6) is 3.56. The summed E-state index contributed by atoms with van der Waals surface area (Å²) in [5, 5.41) is 4.71. The zero-order chi connectivity index (χ0) is 13.3. The number of hydrogen-bond donors (Lipinski definition) is 1. The van der Waals surface area contributed by atoms with Gasteiger partial charge in [0.1, 0.15) is 0 Å². The van der Waals surface area contributed by atoms with Gasteiger partial charge in [0.15, 0.2) is 0 Å². The lowest BCUT2D eigenvalue weighted by Gasteiger charge is -2.25. The Bertz CT molecular complexity index is 637. The number of benzene rings is 1. The molecule has 96 valence electrons. The molecule has 1 aliphatic rings. The Morgan fingerprint density at radius 3 is 3.00 bits per heavy atom. The summed E-state index contributed by atoms with van der Waals surface area (Å²) in [6.07, 6.45) is 9.99. The van der Waals surface area contributed by atoms with Crippen LogP contribution in [-0.4, -0.2) is 10.5 Å². The molecule has 19 heavy (non-hydrogen) atoms. The molecule has 1 fully saturated rings. The highest BCUT2D eigenvalue weighted by Crippen LogP contribution is 2.39. The maximum Gasteiger partial charge on any atom is 0.0800 e. The van der Waals surface area contributed by atoms with Crippen molar-refractivity contribution in [3.63, 3.8) is 0 Å². The summed E-state index contributed by atoms with van der Waals surface area (Å²) >= 11 is 0. The Morgan fingerprint density at radius 1 is 1.42 bits per heavy atom. The smallest absolute Gasteiger partial charge is 0.0800 e. The second-order valence-corrected chi connectivity index (χ2v) is 5.50.